The number of rotatable bonds is 4. The summed E-state index contributed by atoms with van der Waals surface area (Å²) < 4.78 is 5.81. The van der Waals surface area contributed by atoms with Crippen LogP contribution in [-0.4, -0.2) is 18.1 Å². The SMILES string of the molecule is c1ccc(Cc2cnc(CC3CCNC3)o2)cc1. The second kappa shape index (κ2) is 5.36. The van der Waals surface area contributed by atoms with Crippen LogP contribution in [0.25, 0.3) is 0 Å². The molecule has 1 aliphatic heterocycles. The molecule has 0 saturated carbocycles. The minimum absolute atomic E-state index is 0.688. The zero-order valence-corrected chi connectivity index (χ0v) is 10.4. The molecule has 3 nitrogen and oxygen atoms in total. The highest BCUT2D eigenvalue weighted by atomic mass is 16.4. The zero-order valence-electron chi connectivity index (χ0n) is 10.4. The first-order chi connectivity index (χ1) is 8.90. The molecule has 1 atom stereocenters. The van der Waals surface area contributed by atoms with Gasteiger partial charge in [-0.25, -0.2) is 4.98 Å². The third-order valence-electron chi connectivity index (χ3n) is 3.45. The van der Waals surface area contributed by atoms with E-state index < -0.39 is 0 Å². The summed E-state index contributed by atoms with van der Waals surface area (Å²) in [6.45, 7) is 2.22. The van der Waals surface area contributed by atoms with Gasteiger partial charge in [0.1, 0.15) is 5.76 Å². The van der Waals surface area contributed by atoms with Gasteiger partial charge in [0.25, 0.3) is 0 Å². The lowest BCUT2D eigenvalue weighted by Crippen LogP contribution is -2.10. The second-order valence-electron chi connectivity index (χ2n) is 4.95. The summed E-state index contributed by atoms with van der Waals surface area (Å²) in [5.74, 6) is 2.53. The Morgan fingerprint density at radius 1 is 1.28 bits per heavy atom. The van der Waals surface area contributed by atoms with Gasteiger partial charge in [-0.15, -0.1) is 0 Å². The number of hydrogen-bond acceptors (Lipinski definition) is 3. The highest BCUT2D eigenvalue weighted by Crippen LogP contribution is 2.16. The monoisotopic (exact) mass is 242 g/mol. The van der Waals surface area contributed by atoms with Gasteiger partial charge < -0.3 is 9.73 Å². The van der Waals surface area contributed by atoms with E-state index in [1.54, 1.807) is 0 Å². The average molecular weight is 242 g/mol. The Morgan fingerprint density at radius 2 is 2.17 bits per heavy atom. The summed E-state index contributed by atoms with van der Waals surface area (Å²) in [5, 5.41) is 3.37. The van der Waals surface area contributed by atoms with Gasteiger partial charge >= 0.3 is 0 Å². The van der Waals surface area contributed by atoms with Gasteiger partial charge in [-0.1, -0.05) is 30.3 Å². The Morgan fingerprint density at radius 3 is 2.94 bits per heavy atom. The van der Waals surface area contributed by atoms with E-state index in [9.17, 15) is 0 Å². The molecule has 0 spiro atoms. The molecular weight excluding hydrogens is 224 g/mol. The first-order valence-corrected chi connectivity index (χ1v) is 6.58. The minimum Gasteiger partial charge on any atom is -0.445 e. The number of nitrogens with zero attached hydrogens (tertiary/aromatic N) is 1. The Bertz CT molecular complexity index is 486. The van der Waals surface area contributed by atoms with Crippen LogP contribution in [0.4, 0.5) is 0 Å². The van der Waals surface area contributed by atoms with Crippen LogP contribution in [0.3, 0.4) is 0 Å². The van der Waals surface area contributed by atoms with E-state index in [0.29, 0.717) is 5.92 Å². The van der Waals surface area contributed by atoms with Crippen LogP contribution in [0.2, 0.25) is 0 Å². The van der Waals surface area contributed by atoms with Gasteiger partial charge in [0.05, 0.1) is 6.20 Å². The highest BCUT2D eigenvalue weighted by molar-refractivity contribution is 5.19. The molecular formula is C15H18N2O. The van der Waals surface area contributed by atoms with Gasteiger partial charge in [-0.05, 0) is 31.0 Å². The lowest BCUT2D eigenvalue weighted by molar-refractivity contribution is 0.422. The van der Waals surface area contributed by atoms with E-state index in [4.69, 9.17) is 4.42 Å². The van der Waals surface area contributed by atoms with Gasteiger partial charge in [0, 0.05) is 12.8 Å². The van der Waals surface area contributed by atoms with Gasteiger partial charge in [0.2, 0.25) is 0 Å². The lowest BCUT2D eigenvalue weighted by Gasteiger charge is -2.03. The van der Waals surface area contributed by atoms with Gasteiger partial charge in [-0.3, -0.25) is 0 Å². The van der Waals surface area contributed by atoms with Gasteiger partial charge in [0.15, 0.2) is 5.89 Å². The summed E-state index contributed by atoms with van der Waals surface area (Å²) in [4.78, 5) is 4.38. The molecule has 1 N–H and O–H groups in total. The molecule has 18 heavy (non-hydrogen) atoms. The van der Waals surface area contributed by atoms with Crippen molar-refractivity contribution in [3.63, 3.8) is 0 Å². The lowest BCUT2D eigenvalue weighted by atomic mass is 10.1. The molecule has 3 heteroatoms. The van der Waals surface area contributed by atoms with Crippen molar-refractivity contribution in [2.45, 2.75) is 19.3 Å². The van der Waals surface area contributed by atoms with Crippen LogP contribution in [0.5, 0.6) is 0 Å². The number of aromatic nitrogens is 1. The molecule has 1 fully saturated rings. The Hall–Kier alpha value is -1.61. The normalized spacial score (nSPS) is 19.2. The minimum atomic E-state index is 0.688. The van der Waals surface area contributed by atoms with Crippen molar-refractivity contribution in [1.29, 1.82) is 0 Å². The fraction of sp³-hybridized carbons (Fsp3) is 0.400. The quantitative estimate of drug-likeness (QED) is 0.894. The maximum atomic E-state index is 5.81. The van der Waals surface area contributed by atoms with E-state index in [1.807, 2.05) is 12.3 Å². The molecule has 1 aromatic heterocycles. The molecule has 0 bridgehead atoms. The summed E-state index contributed by atoms with van der Waals surface area (Å²) in [6, 6.07) is 10.4. The molecule has 1 saturated heterocycles. The van der Waals surface area contributed by atoms with Crippen molar-refractivity contribution in [2.24, 2.45) is 5.92 Å². The molecule has 0 radical (unpaired) electrons. The van der Waals surface area contributed by atoms with Crippen LogP contribution in [0.1, 0.15) is 23.6 Å². The molecule has 1 unspecified atom stereocenters. The topological polar surface area (TPSA) is 38.1 Å². The Kier molecular flexibility index (Phi) is 3.42. The van der Waals surface area contributed by atoms with Gasteiger partial charge in [-0.2, -0.15) is 0 Å². The van der Waals surface area contributed by atoms with E-state index >= 15 is 0 Å². The Balaban J connectivity index is 1.62. The predicted molar refractivity (Wildman–Crippen MR) is 70.4 cm³/mol. The van der Waals surface area contributed by atoms with Crippen LogP contribution < -0.4 is 5.32 Å². The van der Waals surface area contributed by atoms with Crippen molar-refractivity contribution < 1.29 is 4.42 Å². The van der Waals surface area contributed by atoms with E-state index in [1.165, 1.54) is 12.0 Å². The molecule has 1 aliphatic rings. The Labute approximate surface area is 107 Å². The molecule has 1 aromatic carbocycles. The number of oxazole rings is 1. The van der Waals surface area contributed by atoms with Crippen molar-refractivity contribution in [1.82, 2.24) is 10.3 Å². The number of hydrogen-bond donors (Lipinski definition) is 1. The highest BCUT2D eigenvalue weighted by Gasteiger charge is 2.17. The molecule has 2 aromatic rings. The fourth-order valence-corrected chi connectivity index (χ4v) is 2.46. The van der Waals surface area contributed by atoms with E-state index in [-0.39, 0.29) is 0 Å². The first-order valence-electron chi connectivity index (χ1n) is 6.58. The zero-order chi connectivity index (χ0) is 12.2. The second-order valence-corrected chi connectivity index (χ2v) is 4.95. The summed E-state index contributed by atoms with van der Waals surface area (Å²) >= 11 is 0. The average Bonchev–Trinajstić information content (AvgIpc) is 3.03. The summed E-state index contributed by atoms with van der Waals surface area (Å²) in [7, 11) is 0. The van der Waals surface area contributed by atoms with E-state index in [0.717, 1.165) is 37.6 Å². The summed E-state index contributed by atoms with van der Waals surface area (Å²) in [6.07, 6.45) is 4.89. The fourth-order valence-electron chi connectivity index (χ4n) is 2.46. The third-order valence-corrected chi connectivity index (χ3v) is 3.45. The molecule has 2 heterocycles. The van der Waals surface area contributed by atoms with E-state index in [2.05, 4.69) is 34.6 Å². The smallest absolute Gasteiger partial charge is 0.194 e. The van der Waals surface area contributed by atoms with Crippen molar-refractivity contribution >= 4 is 0 Å². The molecule has 3 rings (SSSR count). The molecule has 94 valence electrons. The van der Waals surface area contributed by atoms with Crippen molar-refractivity contribution in [2.75, 3.05) is 13.1 Å². The molecule has 0 amide bonds. The van der Waals surface area contributed by atoms with Crippen molar-refractivity contribution in [3.8, 4) is 0 Å². The third kappa shape index (κ3) is 2.79. The number of benzene rings is 1. The number of nitrogens with one attached hydrogen (secondary N) is 1. The van der Waals surface area contributed by atoms with Crippen LogP contribution >= 0.6 is 0 Å². The largest absolute Gasteiger partial charge is 0.445 e. The maximum Gasteiger partial charge on any atom is 0.194 e. The summed E-state index contributed by atoms with van der Waals surface area (Å²) in [5.41, 5.74) is 1.27. The maximum absolute atomic E-state index is 5.81. The van der Waals surface area contributed by atoms with Crippen LogP contribution in [0, 0.1) is 5.92 Å². The first kappa shape index (κ1) is 11.5. The molecule has 0 aliphatic carbocycles. The standard InChI is InChI=1S/C15H18N2O/c1-2-4-12(5-3-1)8-14-11-17-15(18-14)9-13-6-7-16-10-13/h1-5,11,13,16H,6-10H2. The predicted octanol–water partition coefficient (Wildman–Crippen LogP) is 2.42. The van der Waals surface area contributed by atoms with Crippen LogP contribution in [0.15, 0.2) is 40.9 Å². The van der Waals surface area contributed by atoms with Crippen LogP contribution in [-0.2, 0) is 12.8 Å². The van der Waals surface area contributed by atoms with Crippen molar-refractivity contribution in [3.05, 3.63) is 53.7 Å².